The van der Waals surface area contributed by atoms with Crippen LogP contribution in [0.5, 0.6) is 0 Å². The van der Waals surface area contributed by atoms with Crippen LogP contribution >= 0.6 is 11.6 Å². The molecule has 84 valence electrons. The molecule has 0 bridgehead atoms. The molecule has 0 atom stereocenters. The Hall–Kier alpha value is -2.32. The first kappa shape index (κ1) is 11.2. The highest BCUT2D eigenvalue weighted by Crippen LogP contribution is 2.21. The van der Waals surface area contributed by atoms with E-state index in [2.05, 4.69) is 5.10 Å². The van der Waals surface area contributed by atoms with E-state index in [0.29, 0.717) is 16.3 Å². The van der Waals surface area contributed by atoms with Crippen LogP contribution in [0, 0.1) is 11.3 Å². The van der Waals surface area contributed by atoms with E-state index in [1.807, 2.05) is 6.07 Å². The molecule has 1 heterocycles. The maximum Gasteiger partial charge on any atom is 0.269 e. The molecule has 6 heteroatoms. The third-order valence-electron chi connectivity index (χ3n) is 2.19. The molecule has 0 unspecified atom stereocenters. The Morgan fingerprint density at radius 2 is 2.24 bits per heavy atom. The topological polar surface area (TPSA) is 84.7 Å². The fraction of sp³-hybridized carbons (Fsp3) is 0. The average Bonchev–Trinajstić information content (AvgIpc) is 2.77. The second-order valence-corrected chi connectivity index (χ2v) is 3.66. The number of amides is 1. The van der Waals surface area contributed by atoms with E-state index in [4.69, 9.17) is 22.6 Å². The maximum atomic E-state index is 10.9. The number of carbonyl (C=O) groups excluding carboxylic acids is 1. The molecule has 0 fully saturated rings. The Morgan fingerprint density at radius 3 is 2.82 bits per heavy atom. The number of aromatic nitrogens is 2. The first-order chi connectivity index (χ1) is 8.13. The van der Waals surface area contributed by atoms with Crippen molar-refractivity contribution in [3.8, 4) is 11.8 Å². The van der Waals surface area contributed by atoms with Crippen LogP contribution in [0.4, 0.5) is 0 Å². The lowest BCUT2D eigenvalue weighted by Gasteiger charge is -2.04. The highest BCUT2D eigenvalue weighted by atomic mass is 35.5. The quantitative estimate of drug-likeness (QED) is 0.871. The van der Waals surface area contributed by atoms with Gasteiger partial charge in [-0.2, -0.15) is 10.4 Å². The van der Waals surface area contributed by atoms with E-state index >= 15 is 0 Å². The number of benzene rings is 1. The molecule has 0 radical (unpaired) electrons. The third kappa shape index (κ3) is 1.98. The Morgan fingerprint density at radius 1 is 1.47 bits per heavy atom. The molecule has 1 aromatic carbocycles. The molecular formula is C11H7ClN4O. The third-order valence-corrected chi connectivity index (χ3v) is 2.51. The number of hydrogen-bond acceptors (Lipinski definition) is 3. The zero-order chi connectivity index (χ0) is 12.4. The van der Waals surface area contributed by atoms with Gasteiger partial charge in [0.1, 0.15) is 11.8 Å². The molecule has 2 aromatic rings. The molecule has 0 saturated heterocycles. The Kier molecular flexibility index (Phi) is 2.81. The minimum Gasteiger partial charge on any atom is -0.364 e. The van der Waals surface area contributed by atoms with Crippen LogP contribution in [-0.4, -0.2) is 15.7 Å². The van der Waals surface area contributed by atoms with Crippen LogP contribution in [0.3, 0.4) is 0 Å². The van der Waals surface area contributed by atoms with Crippen LogP contribution in [0.1, 0.15) is 16.1 Å². The smallest absolute Gasteiger partial charge is 0.269 e. The highest BCUT2D eigenvalue weighted by molar-refractivity contribution is 6.32. The Bertz CT molecular complexity index is 627. The number of nitrogens with two attached hydrogens (primary N) is 1. The molecule has 0 spiro atoms. The molecule has 1 aromatic heterocycles. The summed E-state index contributed by atoms with van der Waals surface area (Å²) in [5.74, 6) is -0.621. The summed E-state index contributed by atoms with van der Waals surface area (Å²) in [5.41, 5.74) is 6.04. The summed E-state index contributed by atoms with van der Waals surface area (Å²) < 4.78 is 1.39. The van der Waals surface area contributed by atoms with Gasteiger partial charge in [-0.05, 0) is 18.2 Å². The van der Waals surface area contributed by atoms with Crippen molar-refractivity contribution in [2.24, 2.45) is 5.73 Å². The predicted octanol–water partition coefficient (Wildman–Crippen LogP) is 1.50. The van der Waals surface area contributed by atoms with Gasteiger partial charge in [-0.1, -0.05) is 17.7 Å². The van der Waals surface area contributed by atoms with Gasteiger partial charge >= 0.3 is 0 Å². The minimum atomic E-state index is -0.621. The largest absolute Gasteiger partial charge is 0.364 e. The minimum absolute atomic E-state index is 0.133. The second kappa shape index (κ2) is 4.28. The summed E-state index contributed by atoms with van der Waals surface area (Å²) in [6, 6.07) is 8.46. The monoisotopic (exact) mass is 246 g/mol. The molecule has 2 rings (SSSR count). The van der Waals surface area contributed by atoms with E-state index in [9.17, 15) is 4.79 Å². The standard InChI is InChI=1S/C11H7ClN4O/c12-8-2-1-3-10(7(8)6-13)16-5-4-9(15-16)11(14)17/h1-5H,(H2,14,17). The van der Waals surface area contributed by atoms with E-state index in [-0.39, 0.29) is 5.69 Å². The van der Waals surface area contributed by atoms with Gasteiger partial charge < -0.3 is 5.73 Å². The molecule has 0 saturated carbocycles. The Labute approximate surface area is 102 Å². The molecule has 0 aliphatic heterocycles. The first-order valence-corrected chi connectivity index (χ1v) is 5.05. The number of rotatable bonds is 2. The van der Waals surface area contributed by atoms with Crippen molar-refractivity contribution in [3.63, 3.8) is 0 Å². The predicted molar refractivity (Wildman–Crippen MR) is 61.8 cm³/mol. The normalized spacial score (nSPS) is 9.88. The van der Waals surface area contributed by atoms with E-state index in [1.165, 1.54) is 10.7 Å². The number of halogens is 1. The molecule has 1 amide bonds. The van der Waals surface area contributed by atoms with Crippen molar-refractivity contribution in [2.75, 3.05) is 0 Å². The zero-order valence-corrected chi connectivity index (χ0v) is 9.35. The van der Waals surface area contributed by atoms with Crippen LogP contribution in [-0.2, 0) is 0 Å². The van der Waals surface area contributed by atoms with Gasteiger partial charge in [0.25, 0.3) is 5.91 Å². The fourth-order valence-corrected chi connectivity index (χ4v) is 1.62. The lowest BCUT2D eigenvalue weighted by Crippen LogP contribution is -2.12. The molecular weight excluding hydrogens is 240 g/mol. The van der Waals surface area contributed by atoms with E-state index in [0.717, 1.165) is 0 Å². The lowest BCUT2D eigenvalue weighted by molar-refractivity contribution is 0.0995. The summed E-state index contributed by atoms with van der Waals surface area (Å²) >= 11 is 5.89. The number of primary amides is 1. The lowest BCUT2D eigenvalue weighted by atomic mass is 10.2. The van der Waals surface area contributed by atoms with Gasteiger partial charge in [0.15, 0.2) is 0 Å². The van der Waals surface area contributed by atoms with Gasteiger partial charge in [-0.25, -0.2) is 4.68 Å². The SMILES string of the molecule is N#Cc1c(Cl)cccc1-n1ccc(C(N)=O)n1. The summed E-state index contributed by atoms with van der Waals surface area (Å²) in [4.78, 5) is 10.9. The average molecular weight is 247 g/mol. The highest BCUT2D eigenvalue weighted by Gasteiger charge is 2.11. The van der Waals surface area contributed by atoms with Crippen molar-refractivity contribution < 1.29 is 4.79 Å². The van der Waals surface area contributed by atoms with Crippen LogP contribution in [0.25, 0.3) is 5.69 Å². The summed E-state index contributed by atoms with van der Waals surface area (Å²) in [6.45, 7) is 0. The number of nitrogens with zero attached hydrogens (tertiary/aromatic N) is 3. The number of hydrogen-bond donors (Lipinski definition) is 1. The summed E-state index contributed by atoms with van der Waals surface area (Å²) in [5, 5.41) is 13.3. The van der Waals surface area contributed by atoms with Crippen molar-refractivity contribution in [1.29, 1.82) is 5.26 Å². The zero-order valence-electron chi connectivity index (χ0n) is 8.59. The molecule has 17 heavy (non-hydrogen) atoms. The molecule has 0 aliphatic carbocycles. The van der Waals surface area contributed by atoms with Crippen molar-refractivity contribution >= 4 is 17.5 Å². The van der Waals surface area contributed by atoms with Crippen LogP contribution in [0.2, 0.25) is 5.02 Å². The van der Waals surface area contributed by atoms with Crippen LogP contribution in [0.15, 0.2) is 30.5 Å². The number of carbonyl (C=O) groups is 1. The second-order valence-electron chi connectivity index (χ2n) is 3.26. The molecule has 2 N–H and O–H groups in total. The van der Waals surface area contributed by atoms with Gasteiger partial charge in [0, 0.05) is 6.20 Å². The van der Waals surface area contributed by atoms with E-state index < -0.39 is 5.91 Å². The first-order valence-electron chi connectivity index (χ1n) is 4.68. The van der Waals surface area contributed by atoms with Gasteiger partial charge in [0.05, 0.1) is 16.3 Å². The van der Waals surface area contributed by atoms with Gasteiger partial charge in [0.2, 0.25) is 0 Å². The molecule has 5 nitrogen and oxygen atoms in total. The fourth-order valence-electron chi connectivity index (χ4n) is 1.40. The Balaban J connectivity index is 2.57. The van der Waals surface area contributed by atoms with Crippen LogP contribution < -0.4 is 5.73 Å². The summed E-state index contributed by atoms with van der Waals surface area (Å²) in [7, 11) is 0. The summed E-state index contributed by atoms with van der Waals surface area (Å²) in [6.07, 6.45) is 1.55. The van der Waals surface area contributed by atoms with E-state index in [1.54, 1.807) is 24.4 Å². The van der Waals surface area contributed by atoms with Crippen molar-refractivity contribution in [2.45, 2.75) is 0 Å². The van der Waals surface area contributed by atoms with Crippen molar-refractivity contribution in [1.82, 2.24) is 9.78 Å². The van der Waals surface area contributed by atoms with Gasteiger partial charge in [-0.15, -0.1) is 0 Å². The molecule has 0 aliphatic rings. The maximum absolute atomic E-state index is 10.9. The van der Waals surface area contributed by atoms with Gasteiger partial charge in [-0.3, -0.25) is 4.79 Å². The number of nitriles is 1. The van der Waals surface area contributed by atoms with Crippen molar-refractivity contribution in [3.05, 3.63) is 46.7 Å².